The molecule has 3 heterocycles. The SMILES string of the molecule is CCCN1CCN(c2nnc(-n3cccc3C(=O)Nc3ccccc3Cl)s2)CC1. The lowest BCUT2D eigenvalue weighted by atomic mass is 10.3. The van der Waals surface area contributed by atoms with Crippen molar-refractivity contribution in [2.24, 2.45) is 0 Å². The molecule has 0 spiro atoms. The van der Waals surface area contributed by atoms with Crippen LogP contribution in [0.3, 0.4) is 0 Å². The number of hydrogen-bond donors (Lipinski definition) is 1. The number of rotatable bonds is 6. The van der Waals surface area contributed by atoms with Gasteiger partial charge in [-0.2, -0.15) is 0 Å². The summed E-state index contributed by atoms with van der Waals surface area (Å²) in [5, 5.41) is 13.6. The molecule has 2 aromatic heterocycles. The number of anilines is 2. The third kappa shape index (κ3) is 4.44. The Morgan fingerprint density at radius 3 is 2.62 bits per heavy atom. The fourth-order valence-corrected chi connectivity index (χ4v) is 4.47. The topological polar surface area (TPSA) is 66.3 Å². The summed E-state index contributed by atoms with van der Waals surface area (Å²) in [6.45, 7) is 7.32. The van der Waals surface area contributed by atoms with Crippen LogP contribution in [-0.2, 0) is 0 Å². The number of nitrogens with one attached hydrogen (secondary N) is 1. The van der Waals surface area contributed by atoms with Crippen molar-refractivity contribution in [1.29, 1.82) is 0 Å². The number of carbonyl (C=O) groups is 1. The van der Waals surface area contributed by atoms with Gasteiger partial charge in [0.15, 0.2) is 0 Å². The number of piperazine rings is 1. The molecule has 7 nitrogen and oxygen atoms in total. The Balaban J connectivity index is 1.48. The number of hydrogen-bond acceptors (Lipinski definition) is 6. The molecule has 1 aliphatic rings. The van der Waals surface area contributed by atoms with Crippen molar-refractivity contribution < 1.29 is 4.79 Å². The van der Waals surface area contributed by atoms with Crippen LogP contribution in [0.5, 0.6) is 0 Å². The second-order valence-corrected chi connectivity index (χ2v) is 8.23. The van der Waals surface area contributed by atoms with Crippen molar-refractivity contribution in [3.05, 3.63) is 53.3 Å². The van der Waals surface area contributed by atoms with Gasteiger partial charge in [-0.25, -0.2) is 0 Å². The number of aromatic nitrogens is 3. The van der Waals surface area contributed by atoms with E-state index in [9.17, 15) is 4.79 Å². The standard InChI is InChI=1S/C20H23ClN6OS/c1-2-9-25-11-13-26(14-12-25)19-23-24-20(29-19)27-10-5-8-17(27)18(28)22-16-7-4-3-6-15(16)21/h3-8,10H,2,9,11-14H2,1H3,(H,22,28). The fourth-order valence-electron chi connectivity index (χ4n) is 3.39. The maximum absolute atomic E-state index is 12.8. The summed E-state index contributed by atoms with van der Waals surface area (Å²) in [6.07, 6.45) is 3.00. The highest BCUT2D eigenvalue weighted by atomic mass is 35.5. The van der Waals surface area contributed by atoms with Crippen molar-refractivity contribution >= 4 is 39.7 Å². The largest absolute Gasteiger partial charge is 0.344 e. The van der Waals surface area contributed by atoms with E-state index in [2.05, 4.69) is 32.2 Å². The first-order chi connectivity index (χ1) is 14.2. The second kappa shape index (κ2) is 8.94. The predicted octanol–water partition coefficient (Wildman–Crippen LogP) is 3.77. The molecule has 4 rings (SSSR count). The molecule has 0 aliphatic carbocycles. The van der Waals surface area contributed by atoms with Gasteiger partial charge in [-0.3, -0.25) is 14.3 Å². The highest BCUT2D eigenvalue weighted by molar-refractivity contribution is 7.17. The zero-order valence-electron chi connectivity index (χ0n) is 16.2. The number of nitrogens with zero attached hydrogens (tertiary/aromatic N) is 5. The lowest BCUT2D eigenvalue weighted by Crippen LogP contribution is -2.46. The van der Waals surface area contributed by atoms with Crippen LogP contribution < -0.4 is 10.2 Å². The van der Waals surface area contributed by atoms with Gasteiger partial charge in [-0.15, -0.1) is 10.2 Å². The summed E-state index contributed by atoms with van der Waals surface area (Å²) >= 11 is 7.65. The van der Waals surface area contributed by atoms with E-state index in [1.54, 1.807) is 22.8 Å². The number of halogens is 1. The first-order valence-corrected chi connectivity index (χ1v) is 10.9. The van der Waals surface area contributed by atoms with Crippen molar-refractivity contribution in [1.82, 2.24) is 19.7 Å². The molecule has 1 N–H and O–H groups in total. The number of para-hydroxylation sites is 1. The zero-order chi connectivity index (χ0) is 20.2. The van der Waals surface area contributed by atoms with E-state index < -0.39 is 0 Å². The van der Waals surface area contributed by atoms with Gasteiger partial charge >= 0.3 is 0 Å². The van der Waals surface area contributed by atoms with Gasteiger partial charge in [0, 0.05) is 32.4 Å². The van der Waals surface area contributed by atoms with Crippen LogP contribution in [0.25, 0.3) is 5.13 Å². The summed E-state index contributed by atoms with van der Waals surface area (Å²) in [5.74, 6) is -0.243. The smallest absolute Gasteiger partial charge is 0.272 e. The monoisotopic (exact) mass is 430 g/mol. The Morgan fingerprint density at radius 2 is 1.86 bits per heavy atom. The number of carbonyl (C=O) groups excluding carboxylic acids is 1. The van der Waals surface area contributed by atoms with Gasteiger partial charge in [0.05, 0.1) is 10.7 Å². The summed E-state index contributed by atoms with van der Waals surface area (Å²) in [7, 11) is 0. The highest BCUT2D eigenvalue weighted by Crippen LogP contribution is 2.26. The lowest BCUT2D eigenvalue weighted by Gasteiger charge is -2.33. The molecule has 1 aliphatic heterocycles. The first-order valence-electron chi connectivity index (χ1n) is 9.70. The molecule has 9 heteroatoms. The van der Waals surface area contributed by atoms with Crippen molar-refractivity contribution in [2.75, 3.05) is 42.9 Å². The molecule has 1 amide bonds. The molecule has 0 unspecified atom stereocenters. The van der Waals surface area contributed by atoms with Crippen molar-refractivity contribution in [2.45, 2.75) is 13.3 Å². The van der Waals surface area contributed by atoms with E-state index >= 15 is 0 Å². The normalized spacial score (nSPS) is 14.9. The molecular weight excluding hydrogens is 408 g/mol. The van der Waals surface area contributed by atoms with Crippen LogP contribution in [0, 0.1) is 0 Å². The van der Waals surface area contributed by atoms with E-state index in [1.165, 1.54) is 17.8 Å². The maximum Gasteiger partial charge on any atom is 0.272 e. The van der Waals surface area contributed by atoms with Crippen LogP contribution in [0.1, 0.15) is 23.8 Å². The molecule has 1 fully saturated rings. The Morgan fingerprint density at radius 1 is 1.10 bits per heavy atom. The molecule has 0 atom stereocenters. The average Bonchev–Trinajstić information content (AvgIpc) is 3.40. The average molecular weight is 431 g/mol. The van der Waals surface area contributed by atoms with Crippen LogP contribution >= 0.6 is 22.9 Å². The van der Waals surface area contributed by atoms with E-state index in [1.807, 2.05) is 24.4 Å². The Hall–Kier alpha value is -2.42. The minimum absolute atomic E-state index is 0.243. The molecule has 3 aromatic rings. The zero-order valence-corrected chi connectivity index (χ0v) is 17.8. The Bertz CT molecular complexity index is 979. The second-order valence-electron chi connectivity index (χ2n) is 6.89. The first kappa shape index (κ1) is 19.9. The van der Waals surface area contributed by atoms with Crippen LogP contribution in [-0.4, -0.2) is 58.3 Å². The van der Waals surface area contributed by atoms with Gasteiger partial charge in [0.2, 0.25) is 10.3 Å². The quantitative estimate of drug-likeness (QED) is 0.644. The predicted molar refractivity (Wildman–Crippen MR) is 118 cm³/mol. The van der Waals surface area contributed by atoms with Crippen molar-refractivity contribution in [3.8, 4) is 5.13 Å². The van der Waals surface area contributed by atoms with E-state index in [-0.39, 0.29) is 5.91 Å². The molecule has 1 saturated heterocycles. The number of benzene rings is 1. The van der Waals surface area contributed by atoms with E-state index in [0.29, 0.717) is 21.5 Å². The summed E-state index contributed by atoms with van der Waals surface area (Å²) in [4.78, 5) is 17.5. The van der Waals surface area contributed by atoms with Gasteiger partial charge in [-0.1, -0.05) is 42.0 Å². The maximum atomic E-state index is 12.8. The fraction of sp³-hybridized carbons (Fsp3) is 0.350. The van der Waals surface area contributed by atoms with E-state index in [0.717, 1.165) is 37.9 Å². The highest BCUT2D eigenvalue weighted by Gasteiger charge is 2.21. The molecule has 1 aromatic carbocycles. The molecular formula is C20H23ClN6OS. The van der Waals surface area contributed by atoms with Gasteiger partial charge in [0.25, 0.3) is 5.91 Å². The molecule has 29 heavy (non-hydrogen) atoms. The van der Waals surface area contributed by atoms with Crippen LogP contribution in [0.4, 0.5) is 10.8 Å². The summed E-state index contributed by atoms with van der Waals surface area (Å²) < 4.78 is 1.76. The third-order valence-electron chi connectivity index (χ3n) is 4.90. The van der Waals surface area contributed by atoms with Gasteiger partial charge in [0.1, 0.15) is 5.69 Å². The Labute approximate surface area is 178 Å². The molecule has 0 bridgehead atoms. The summed E-state index contributed by atoms with van der Waals surface area (Å²) in [5.41, 5.74) is 1.07. The lowest BCUT2D eigenvalue weighted by molar-refractivity contribution is 0.102. The molecule has 0 saturated carbocycles. The molecule has 152 valence electrons. The third-order valence-corrected chi connectivity index (χ3v) is 6.21. The Kier molecular flexibility index (Phi) is 6.13. The number of amides is 1. The van der Waals surface area contributed by atoms with Gasteiger partial charge in [-0.05, 0) is 37.2 Å². The van der Waals surface area contributed by atoms with E-state index in [4.69, 9.17) is 11.6 Å². The summed E-state index contributed by atoms with van der Waals surface area (Å²) in [6, 6.07) is 10.8. The van der Waals surface area contributed by atoms with Gasteiger partial charge < -0.3 is 10.2 Å². The minimum atomic E-state index is -0.243. The molecule has 0 radical (unpaired) electrons. The minimum Gasteiger partial charge on any atom is -0.344 e. The van der Waals surface area contributed by atoms with Crippen LogP contribution in [0.2, 0.25) is 5.02 Å². The van der Waals surface area contributed by atoms with Crippen molar-refractivity contribution in [3.63, 3.8) is 0 Å². The van der Waals surface area contributed by atoms with Crippen LogP contribution in [0.15, 0.2) is 42.6 Å².